The number of anilines is 1. The van der Waals surface area contributed by atoms with Crippen LogP contribution in [0.2, 0.25) is 0 Å². The van der Waals surface area contributed by atoms with Crippen LogP contribution in [0.15, 0.2) is 28.7 Å². The first-order valence-electron chi connectivity index (χ1n) is 15.4. The van der Waals surface area contributed by atoms with Gasteiger partial charge in [-0.25, -0.2) is 0 Å². The van der Waals surface area contributed by atoms with Crippen molar-refractivity contribution < 1.29 is 24.9 Å². The van der Waals surface area contributed by atoms with Crippen LogP contribution in [0.5, 0.6) is 5.75 Å². The molecule has 5 atom stereocenters. The van der Waals surface area contributed by atoms with E-state index in [0.29, 0.717) is 19.4 Å². The molecule has 0 radical (unpaired) electrons. The maximum absolute atomic E-state index is 14.3. The summed E-state index contributed by atoms with van der Waals surface area (Å²) in [7, 11) is 14.2. The van der Waals surface area contributed by atoms with Crippen molar-refractivity contribution in [2.75, 3.05) is 46.2 Å². The van der Waals surface area contributed by atoms with Gasteiger partial charge in [-0.15, -0.1) is 0 Å². The molecule has 1 aromatic carbocycles. The van der Waals surface area contributed by atoms with E-state index in [4.69, 9.17) is 5.73 Å². The van der Waals surface area contributed by atoms with Gasteiger partial charge >= 0.3 is 220 Å². The van der Waals surface area contributed by atoms with Gasteiger partial charge in [0, 0.05) is 0 Å². The third-order valence-corrected chi connectivity index (χ3v) is 11.4. The summed E-state index contributed by atoms with van der Waals surface area (Å²) < 4.78 is 0. The van der Waals surface area contributed by atoms with E-state index in [1.807, 2.05) is 23.9 Å². The molecule has 0 bridgehead atoms. The topological polar surface area (TPSA) is 131 Å². The number of aliphatic hydroxyl groups is 2. The first kappa shape index (κ1) is 31.7. The van der Waals surface area contributed by atoms with Crippen LogP contribution < -0.4 is 10.6 Å². The number of phenolic OH excluding ortho intramolecular Hbond substituents is 1. The molecule has 0 spiro atoms. The molecule has 1 unspecified atom stereocenters. The number of likely N-dealkylation sites (tertiary alicyclic amines) is 1. The average molecular weight is 609 g/mol. The Balaban J connectivity index is 1.59. The molecule has 1 heterocycles. The number of hydrogen-bond acceptors (Lipinski definition) is 8. The van der Waals surface area contributed by atoms with E-state index in [1.54, 1.807) is 20.2 Å². The van der Waals surface area contributed by atoms with Crippen molar-refractivity contribution in [1.82, 2.24) is 9.80 Å². The van der Waals surface area contributed by atoms with Crippen molar-refractivity contribution in [2.45, 2.75) is 63.2 Å². The van der Waals surface area contributed by atoms with Crippen molar-refractivity contribution in [3.8, 4) is 5.75 Å². The minimum atomic E-state index is -1.28. The van der Waals surface area contributed by atoms with Crippen LogP contribution in [0, 0.1) is 17.8 Å². The summed E-state index contributed by atoms with van der Waals surface area (Å²) in [6.45, 7) is 4.95. The Labute approximate surface area is 258 Å². The number of ketones is 1. The molecule has 43 heavy (non-hydrogen) atoms. The van der Waals surface area contributed by atoms with Crippen LogP contribution in [-0.2, 0) is 17.8 Å². The minimum absolute atomic E-state index is 0.0795. The molecule has 4 aliphatic rings. The van der Waals surface area contributed by atoms with Gasteiger partial charge in [0.05, 0.1) is 0 Å². The Bertz CT molecular complexity index is 1430. The zero-order valence-electron chi connectivity index (χ0n) is 26.1. The SMILES string of the molecule is B=C1C(C(N)=O)=C(O)[C@@H](N(C)C)[C@@H]2C[C@@H]3Cc4c(c(O)cc(CN5CCC(CCC)CC5)c4N(C)C)C(=O)C3=C(O)[C@]12P. The van der Waals surface area contributed by atoms with Gasteiger partial charge in [-0.3, -0.25) is 0 Å². The average Bonchev–Trinajstić information content (AvgIpc) is 2.91. The summed E-state index contributed by atoms with van der Waals surface area (Å²) in [6, 6.07) is 1.09. The number of phenols is 1. The number of piperidine rings is 1. The van der Waals surface area contributed by atoms with Crippen LogP contribution >= 0.6 is 9.24 Å². The van der Waals surface area contributed by atoms with Crippen molar-refractivity contribution in [3.05, 3.63) is 45.4 Å². The Morgan fingerprint density at radius 3 is 2.40 bits per heavy atom. The number of rotatable bonds is 7. The van der Waals surface area contributed by atoms with E-state index < -0.39 is 28.8 Å². The van der Waals surface area contributed by atoms with E-state index in [1.165, 1.54) is 25.7 Å². The summed E-state index contributed by atoms with van der Waals surface area (Å²) in [5.41, 5.74) is 8.88. The maximum atomic E-state index is 14.3. The fourth-order valence-corrected chi connectivity index (χ4v) is 8.99. The number of nitrogens with two attached hydrogens (primary N) is 1. The number of aromatic hydroxyl groups is 1. The Kier molecular flexibility index (Phi) is 8.62. The van der Waals surface area contributed by atoms with Crippen LogP contribution in [0.1, 0.15) is 60.5 Å². The number of aliphatic hydroxyl groups excluding tert-OH is 2. The standard InChI is InChI=1S/C32H46BN4O5P/c1-6-7-16-8-10-37(11-9-16)15-18-14-21(38)23-19(25(18)35(2)3)12-17-13-20-26(36(4)5)28(40)24(31(34)42)29(33)32(20,43)30(41)22(17)27(23)39/h14,16-17,20,26,33,38,40-41H,6-13,15,43H2,1-5H3,(H2,34,42)/t17-,20-,26-,32+/m0/s1. The number of fused-ring (bicyclic) bond motifs is 3. The Morgan fingerprint density at radius 1 is 1.19 bits per heavy atom. The second kappa shape index (κ2) is 11.7. The molecule has 11 heteroatoms. The summed E-state index contributed by atoms with van der Waals surface area (Å²) in [5, 5.41) is 33.2. The number of primary amides is 1. The number of allylic oxidation sites excluding steroid dienone is 2. The number of amides is 1. The molecule has 1 amide bonds. The van der Waals surface area contributed by atoms with Crippen LogP contribution in [0.3, 0.4) is 0 Å². The molecular weight excluding hydrogens is 562 g/mol. The van der Waals surface area contributed by atoms with Gasteiger partial charge in [0.25, 0.3) is 0 Å². The predicted octanol–water partition coefficient (Wildman–Crippen LogP) is 2.59. The number of Topliss-reactive ketones (excluding diaryl/α,β-unsaturated/α-hetero) is 1. The van der Waals surface area contributed by atoms with Crippen molar-refractivity contribution >= 4 is 39.6 Å². The number of nitrogens with zero attached hydrogens (tertiary/aromatic N) is 3. The van der Waals surface area contributed by atoms with Gasteiger partial charge < -0.3 is 0 Å². The summed E-state index contributed by atoms with van der Waals surface area (Å²) in [5.74, 6) is -1.68. The van der Waals surface area contributed by atoms with E-state index in [-0.39, 0.29) is 45.4 Å². The van der Waals surface area contributed by atoms with Gasteiger partial charge in [-0.2, -0.15) is 0 Å². The zero-order chi connectivity index (χ0) is 31.5. The van der Waals surface area contributed by atoms with Crippen LogP contribution in [-0.4, -0.2) is 102 Å². The molecule has 1 fully saturated rings. The molecule has 232 valence electrons. The fraction of sp³-hybridized carbons (Fsp3) is 0.594. The van der Waals surface area contributed by atoms with Gasteiger partial charge in [-0.05, 0) is 18.8 Å². The van der Waals surface area contributed by atoms with E-state index in [9.17, 15) is 24.9 Å². The zero-order valence-corrected chi connectivity index (χ0v) is 27.3. The fourth-order valence-electron chi connectivity index (χ4n) is 8.37. The van der Waals surface area contributed by atoms with E-state index in [2.05, 4.69) is 28.6 Å². The Morgan fingerprint density at radius 2 is 1.84 bits per heavy atom. The van der Waals surface area contributed by atoms with Crippen molar-refractivity contribution in [3.63, 3.8) is 0 Å². The molecule has 9 nitrogen and oxygen atoms in total. The van der Waals surface area contributed by atoms with Gasteiger partial charge in [0.1, 0.15) is 0 Å². The molecular formula is C32H46BN4O5P. The second-order valence-electron chi connectivity index (χ2n) is 13.4. The summed E-state index contributed by atoms with van der Waals surface area (Å²) >= 11 is 0. The molecule has 5 N–H and O–H groups in total. The van der Waals surface area contributed by atoms with Crippen molar-refractivity contribution in [1.29, 1.82) is 0 Å². The molecule has 0 aromatic heterocycles. The van der Waals surface area contributed by atoms with Gasteiger partial charge in [0.2, 0.25) is 0 Å². The summed E-state index contributed by atoms with van der Waals surface area (Å²) in [4.78, 5) is 33.0. The van der Waals surface area contributed by atoms with Gasteiger partial charge in [0.15, 0.2) is 0 Å². The molecule has 3 aliphatic carbocycles. The third kappa shape index (κ3) is 5.03. The van der Waals surface area contributed by atoms with Crippen LogP contribution in [0.4, 0.5) is 5.69 Å². The van der Waals surface area contributed by atoms with Crippen LogP contribution in [0.25, 0.3) is 0 Å². The third-order valence-electron chi connectivity index (χ3n) is 10.3. The van der Waals surface area contributed by atoms with E-state index in [0.717, 1.165) is 35.8 Å². The molecule has 1 aromatic rings. The molecule has 5 rings (SSSR count). The Hall–Kier alpha value is -2.68. The molecule has 0 saturated carbocycles. The first-order chi connectivity index (χ1) is 20.2. The predicted molar refractivity (Wildman–Crippen MR) is 176 cm³/mol. The van der Waals surface area contributed by atoms with Crippen molar-refractivity contribution in [2.24, 2.45) is 23.5 Å². The quantitative estimate of drug-likeness (QED) is 0.275. The number of hydrogen-bond donors (Lipinski definition) is 4. The number of likely N-dealkylation sites (N-methyl/N-ethyl adjacent to an activating group) is 1. The van der Waals surface area contributed by atoms with Gasteiger partial charge in [-0.1, -0.05) is 19.8 Å². The van der Waals surface area contributed by atoms with E-state index >= 15 is 0 Å². The number of carbonyl (C=O) groups excluding carboxylic acids is 2. The monoisotopic (exact) mass is 608 g/mol. The number of benzene rings is 1. The molecule has 1 aliphatic heterocycles. The normalized spacial score (nSPS) is 28.2. The second-order valence-corrected chi connectivity index (χ2v) is 14.3. The number of carbonyl (C=O) groups is 2. The summed E-state index contributed by atoms with van der Waals surface area (Å²) in [6.07, 6.45) is 5.72. The first-order valence-corrected chi connectivity index (χ1v) is 15.9. The molecule has 1 saturated heterocycles.